The van der Waals surface area contributed by atoms with E-state index < -0.39 is 12.0 Å². The smallest absolute Gasteiger partial charge is 0.241 e. The molecule has 1 rings (SSSR count). The standard InChI is InChI=1S/C11H20F2O/c1-2-11(14,8-10(12)13)9-6-4-3-5-7-9/h9-10,14H,2-8H2,1H3. The van der Waals surface area contributed by atoms with Crippen molar-refractivity contribution in [3.05, 3.63) is 0 Å². The van der Waals surface area contributed by atoms with E-state index in [9.17, 15) is 13.9 Å². The van der Waals surface area contributed by atoms with Crippen LogP contribution in [0.2, 0.25) is 0 Å². The Hall–Kier alpha value is -0.180. The SMILES string of the molecule is CCC(O)(CC(F)F)C1CCCCC1. The van der Waals surface area contributed by atoms with Gasteiger partial charge in [0.25, 0.3) is 0 Å². The Kier molecular flexibility index (Phi) is 4.30. The predicted octanol–water partition coefficient (Wildman–Crippen LogP) is 3.36. The zero-order chi connectivity index (χ0) is 10.6. The maximum atomic E-state index is 12.3. The number of hydrogen-bond donors (Lipinski definition) is 1. The highest BCUT2D eigenvalue weighted by molar-refractivity contribution is 4.87. The van der Waals surface area contributed by atoms with Crippen molar-refractivity contribution >= 4 is 0 Å². The second-order valence-corrected chi connectivity index (χ2v) is 4.39. The van der Waals surface area contributed by atoms with Crippen LogP contribution in [0.3, 0.4) is 0 Å². The largest absolute Gasteiger partial charge is 0.389 e. The molecule has 1 N–H and O–H groups in total. The zero-order valence-corrected chi connectivity index (χ0v) is 8.81. The lowest BCUT2D eigenvalue weighted by Gasteiger charge is -2.37. The molecular weight excluding hydrogens is 186 g/mol. The summed E-state index contributed by atoms with van der Waals surface area (Å²) in [5, 5.41) is 10.1. The lowest BCUT2D eigenvalue weighted by atomic mass is 9.74. The highest BCUT2D eigenvalue weighted by Gasteiger charge is 2.37. The van der Waals surface area contributed by atoms with Gasteiger partial charge in [0.05, 0.1) is 5.60 Å². The van der Waals surface area contributed by atoms with Gasteiger partial charge in [-0.15, -0.1) is 0 Å². The molecule has 0 amide bonds. The summed E-state index contributed by atoms with van der Waals surface area (Å²) in [6, 6.07) is 0. The van der Waals surface area contributed by atoms with Crippen LogP contribution in [0.1, 0.15) is 51.9 Å². The fourth-order valence-corrected chi connectivity index (χ4v) is 2.51. The maximum Gasteiger partial charge on any atom is 0.241 e. The van der Waals surface area contributed by atoms with Crippen LogP contribution in [0.4, 0.5) is 8.78 Å². The molecule has 1 fully saturated rings. The third-order valence-corrected chi connectivity index (χ3v) is 3.49. The van der Waals surface area contributed by atoms with Gasteiger partial charge in [-0.25, -0.2) is 8.78 Å². The number of hydrogen-bond acceptors (Lipinski definition) is 1. The minimum atomic E-state index is -2.39. The molecule has 0 aliphatic heterocycles. The molecule has 0 aromatic rings. The Labute approximate surface area is 84.5 Å². The molecule has 0 bridgehead atoms. The van der Waals surface area contributed by atoms with E-state index in [1.54, 1.807) is 6.92 Å². The van der Waals surface area contributed by atoms with Crippen LogP contribution in [-0.4, -0.2) is 17.1 Å². The van der Waals surface area contributed by atoms with Gasteiger partial charge in [0.15, 0.2) is 0 Å². The summed E-state index contributed by atoms with van der Waals surface area (Å²) in [7, 11) is 0. The lowest BCUT2D eigenvalue weighted by Crippen LogP contribution is -2.40. The van der Waals surface area contributed by atoms with Crippen molar-refractivity contribution in [1.82, 2.24) is 0 Å². The van der Waals surface area contributed by atoms with E-state index in [2.05, 4.69) is 0 Å². The Morgan fingerprint density at radius 1 is 1.29 bits per heavy atom. The van der Waals surface area contributed by atoms with Crippen molar-refractivity contribution < 1.29 is 13.9 Å². The molecule has 0 aromatic carbocycles. The molecule has 1 saturated carbocycles. The number of alkyl halides is 2. The van der Waals surface area contributed by atoms with Crippen LogP contribution in [0.25, 0.3) is 0 Å². The summed E-state index contributed by atoms with van der Waals surface area (Å²) in [6.45, 7) is 1.80. The molecule has 1 aliphatic rings. The van der Waals surface area contributed by atoms with E-state index in [-0.39, 0.29) is 12.3 Å². The molecule has 1 atom stereocenters. The van der Waals surface area contributed by atoms with Crippen LogP contribution in [0.5, 0.6) is 0 Å². The molecule has 0 aromatic heterocycles. The first-order chi connectivity index (χ1) is 6.58. The molecule has 1 unspecified atom stereocenters. The van der Waals surface area contributed by atoms with Crippen LogP contribution >= 0.6 is 0 Å². The highest BCUT2D eigenvalue weighted by atomic mass is 19.3. The van der Waals surface area contributed by atoms with E-state index >= 15 is 0 Å². The molecule has 84 valence electrons. The molecular formula is C11H20F2O. The summed E-state index contributed by atoms with van der Waals surface area (Å²) in [5.74, 6) is 0.0928. The van der Waals surface area contributed by atoms with Crippen LogP contribution in [0.15, 0.2) is 0 Å². The topological polar surface area (TPSA) is 20.2 Å². The van der Waals surface area contributed by atoms with Gasteiger partial charge in [-0.1, -0.05) is 26.2 Å². The quantitative estimate of drug-likeness (QED) is 0.747. The molecule has 0 heterocycles. The van der Waals surface area contributed by atoms with Gasteiger partial charge in [-0.3, -0.25) is 0 Å². The zero-order valence-electron chi connectivity index (χ0n) is 8.81. The Morgan fingerprint density at radius 3 is 2.29 bits per heavy atom. The Morgan fingerprint density at radius 2 is 1.86 bits per heavy atom. The minimum Gasteiger partial charge on any atom is -0.389 e. The van der Waals surface area contributed by atoms with E-state index in [0.717, 1.165) is 25.7 Å². The van der Waals surface area contributed by atoms with Crippen LogP contribution in [0, 0.1) is 5.92 Å². The lowest BCUT2D eigenvalue weighted by molar-refractivity contribution is -0.0772. The Bertz CT molecular complexity index is 167. The molecule has 3 heteroatoms. The summed E-state index contributed by atoms with van der Waals surface area (Å²) >= 11 is 0. The van der Waals surface area contributed by atoms with E-state index in [0.29, 0.717) is 6.42 Å². The molecule has 0 spiro atoms. The number of halogens is 2. The summed E-state index contributed by atoms with van der Waals surface area (Å²) in [5.41, 5.74) is -1.12. The third kappa shape index (κ3) is 2.91. The van der Waals surface area contributed by atoms with Gasteiger partial charge in [0.1, 0.15) is 0 Å². The van der Waals surface area contributed by atoms with Crippen molar-refractivity contribution in [1.29, 1.82) is 0 Å². The first-order valence-corrected chi connectivity index (χ1v) is 5.59. The van der Waals surface area contributed by atoms with Crippen molar-refractivity contribution in [2.75, 3.05) is 0 Å². The first kappa shape index (κ1) is 11.9. The monoisotopic (exact) mass is 206 g/mol. The number of aliphatic hydroxyl groups is 1. The van der Waals surface area contributed by atoms with Crippen molar-refractivity contribution in [3.8, 4) is 0 Å². The van der Waals surface area contributed by atoms with Gasteiger partial charge in [-0.05, 0) is 25.2 Å². The number of rotatable bonds is 4. The fourth-order valence-electron chi connectivity index (χ4n) is 2.51. The molecule has 14 heavy (non-hydrogen) atoms. The summed E-state index contributed by atoms with van der Waals surface area (Å²) in [4.78, 5) is 0. The van der Waals surface area contributed by atoms with Gasteiger partial charge >= 0.3 is 0 Å². The average Bonchev–Trinajstić information content (AvgIpc) is 2.18. The molecule has 0 saturated heterocycles. The van der Waals surface area contributed by atoms with E-state index in [1.165, 1.54) is 6.42 Å². The van der Waals surface area contributed by atoms with Crippen molar-refractivity contribution in [2.45, 2.75) is 63.9 Å². The van der Waals surface area contributed by atoms with E-state index in [4.69, 9.17) is 0 Å². The summed E-state index contributed by atoms with van der Waals surface area (Å²) in [6.07, 6.45) is 2.88. The van der Waals surface area contributed by atoms with Crippen molar-refractivity contribution in [2.24, 2.45) is 5.92 Å². The Balaban J connectivity index is 2.56. The van der Waals surface area contributed by atoms with Crippen LogP contribution in [-0.2, 0) is 0 Å². The third-order valence-electron chi connectivity index (χ3n) is 3.49. The van der Waals surface area contributed by atoms with Crippen molar-refractivity contribution in [3.63, 3.8) is 0 Å². The second kappa shape index (κ2) is 5.06. The predicted molar refractivity (Wildman–Crippen MR) is 52.4 cm³/mol. The normalized spacial score (nSPS) is 23.8. The van der Waals surface area contributed by atoms with Crippen LogP contribution < -0.4 is 0 Å². The summed E-state index contributed by atoms with van der Waals surface area (Å²) < 4.78 is 24.6. The first-order valence-electron chi connectivity index (χ1n) is 5.59. The highest BCUT2D eigenvalue weighted by Crippen LogP contribution is 2.38. The molecule has 1 nitrogen and oxygen atoms in total. The van der Waals surface area contributed by atoms with Gasteiger partial charge in [-0.2, -0.15) is 0 Å². The maximum absolute atomic E-state index is 12.3. The van der Waals surface area contributed by atoms with Gasteiger partial charge < -0.3 is 5.11 Å². The fraction of sp³-hybridized carbons (Fsp3) is 1.00. The van der Waals surface area contributed by atoms with Gasteiger partial charge in [0.2, 0.25) is 6.43 Å². The molecule has 0 radical (unpaired) electrons. The minimum absolute atomic E-state index is 0.0928. The second-order valence-electron chi connectivity index (χ2n) is 4.39. The molecule has 1 aliphatic carbocycles. The average molecular weight is 206 g/mol. The van der Waals surface area contributed by atoms with Gasteiger partial charge in [0, 0.05) is 6.42 Å². The van der Waals surface area contributed by atoms with E-state index in [1.807, 2.05) is 0 Å².